The van der Waals surface area contributed by atoms with Gasteiger partial charge >= 0.3 is 0 Å². The molecule has 200 valence electrons. The normalized spacial score (nSPS) is 28.3. The maximum atomic E-state index is 14.5. The van der Waals surface area contributed by atoms with Crippen LogP contribution in [0.25, 0.3) is 17.2 Å². The zero-order valence-electron chi connectivity index (χ0n) is 21.6. The van der Waals surface area contributed by atoms with Gasteiger partial charge in [0.15, 0.2) is 5.82 Å². The number of rotatable bonds is 5. The van der Waals surface area contributed by atoms with E-state index in [0.717, 1.165) is 29.8 Å². The quantitative estimate of drug-likeness (QED) is 0.350. The average molecular weight is 548 g/mol. The molecule has 3 aliphatic rings. The van der Waals surface area contributed by atoms with Crippen LogP contribution in [-0.2, 0) is 21.4 Å². The molecule has 39 heavy (non-hydrogen) atoms. The average Bonchev–Trinajstić information content (AvgIpc) is 3.50. The molecular weight excluding hydrogens is 520 g/mol. The molecule has 4 aromatic rings. The first-order valence-corrected chi connectivity index (χ1v) is 15.1. The van der Waals surface area contributed by atoms with Crippen LogP contribution in [0.4, 0.5) is 8.78 Å². The van der Waals surface area contributed by atoms with Gasteiger partial charge in [-0.15, -0.1) is 10.2 Å². The van der Waals surface area contributed by atoms with Crippen LogP contribution < -0.4 is 0 Å². The van der Waals surface area contributed by atoms with E-state index >= 15 is 0 Å². The zero-order chi connectivity index (χ0) is 27.2. The lowest BCUT2D eigenvalue weighted by atomic mass is 9.66. The lowest BCUT2D eigenvalue weighted by molar-refractivity contribution is 0.242. The molecule has 1 aromatic carbocycles. The fourth-order valence-electron chi connectivity index (χ4n) is 7.13. The summed E-state index contributed by atoms with van der Waals surface area (Å²) < 4.78 is 42.6. The summed E-state index contributed by atoms with van der Waals surface area (Å²) in [5.41, 5.74) is 1.82. The summed E-state index contributed by atoms with van der Waals surface area (Å²) in [7, 11) is -1.91. The predicted octanol–water partition coefficient (Wildman–Crippen LogP) is 3.88. The zero-order valence-corrected chi connectivity index (χ0v) is 22.5. The highest BCUT2D eigenvalue weighted by atomic mass is 32.2. The van der Waals surface area contributed by atoms with Crippen molar-refractivity contribution >= 4 is 15.4 Å². The van der Waals surface area contributed by atoms with E-state index in [9.17, 15) is 13.0 Å². The Morgan fingerprint density at radius 2 is 1.90 bits per heavy atom. The third-order valence-corrected chi connectivity index (χ3v) is 11.1. The Bertz CT molecular complexity index is 1720. The highest BCUT2D eigenvalue weighted by Gasteiger charge is 2.65. The fraction of sp³-hybridized carbons (Fsp3) is 0.393. The summed E-state index contributed by atoms with van der Waals surface area (Å²) >= 11 is 0. The van der Waals surface area contributed by atoms with Crippen molar-refractivity contribution in [3.05, 3.63) is 77.3 Å². The van der Waals surface area contributed by atoms with Gasteiger partial charge < -0.3 is 0 Å². The molecule has 11 heteroatoms. The molecule has 0 radical (unpaired) electrons. The minimum atomic E-state index is -1.91. The Balaban J connectivity index is 1.26. The molecule has 2 atom stereocenters. The standard InChI is InChI=1S/C28H27F2N7OS/c1-27(2)18-7-9-28(27,25-17(18)12-21(34-35-25)24-19(29)5-4-6-20(24)30)22-8-10-31-26(33-22)37-15-32-23(36-37)11-16-13-39(3,38)14-16/h4-6,8,10,12,15-16,18H,3,7,9,11,13-14H2,1-2H3/t16?,18-,28-,39?/m0/s1. The molecule has 3 aromatic heterocycles. The first-order chi connectivity index (χ1) is 18.6. The third kappa shape index (κ3) is 3.51. The SMILES string of the molecule is C=S1(=O)CC(Cc2ncn(-c3nccc([C@@]45CC[C@@H](c6cc(-c7c(F)cccc7F)nnc64)C5(C)C)n3)n2)C1. The van der Waals surface area contributed by atoms with E-state index in [1.165, 1.54) is 18.2 Å². The maximum Gasteiger partial charge on any atom is 0.252 e. The minimum absolute atomic E-state index is 0.138. The van der Waals surface area contributed by atoms with Gasteiger partial charge in [-0.1, -0.05) is 19.9 Å². The van der Waals surface area contributed by atoms with Crippen LogP contribution in [0.15, 0.2) is 42.9 Å². The van der Waals surface area contributed by atoms with E-state index in [2.05, 4.69) is 45.0 Å². The van der Waals surface area contributed by atoms with Crippen LogP contribution in [0.3, 0.4) is 0 Å². The van der Waals surface area contributed by atoms with Gasteiger partial charge in [0, 0.05) is 24.1 Å². The number of aromatic nitrogens is 7. The van der Waals surface area contributed by atoms with Crippen molar-refractivity contribution in [2.75, 3.05) is 11.5 Å². The van der Waals surface area contributed by atoms with E-state index in [-0.39, 0.29) is 28.5 Å². The van der Waals surface area contributed by atoms with Crippen molar-refractivity contribution in [1.82, 2.24) is 34.9 Å². The summed E-state index contributed by atoms with van der Waals surface area (Å²) in [6.45, 7) is 4.40. The van der Waals surface area contributed by atoms with E-state index in [4.69, 9.17) is 4.98 Å². The minimum Gasteiger partial charge on any atom is -0.268 e. The van der Waals surface area contributed by atoms with Crippen LogP contribution in [-0.4, -0.2) is 56.5 Å². The van der Waals surface area contributed by atoms with Gasteiger partial charge in [0.05, 0.1) is 28.1 Å². The van der Waals surface area contributed by atoms with E-state index < -0.39 is 26.6 Å². The Morgan fingerprint density at radius 1 is 1.13 bits per heavy atom. The first kappa shape index (κ1) is 24.4. The summed E-state index contributed by atoms with van der Waals surface area (Å²) in [6, 6.07) is 7.51. The van der Waals surface area contributed by atoms with Gasteiger partial charge in [0.2, 0.25) is 0 Å². The van der Waals surface area contributed by atoms with Crippen LogP contribution in [0.5, 0.6) is 0 Å². The van der Waals surface area contributed by atoms with Crippen molar-refractivity contribution in [3.63, 3.8) is 0 Å². The van der Waals surface area contributed by atoms with Crippen molar-refractivity contribution in [1.29, 1.82) is 0 Å². The largest absolute Gasteiger partial charge is 0.268 e. The smallest absolute Gasteiger partial charge is 0.252 e. The summed E-state index contributed by atoms with van der Waals surface area (Å²) in [5, 5.41) is 13.5. The summed E-state index contributed by atoms with van der Waals surface area (Å²) in [5.74, 6) is 5.14. The second kappa shape index (κ2) is 8.20. The van der Waals surface area contributed by atoms with E-state index in [1.807, 2.05) is 6.07 Å². The molecule has 0 unspecified atom stereocenters. The highest BCUT2D eigenvalue weighted by molar-refractivity contribution is 8.01. The Morgan fingerprint density at radius 3 is 2.64 bits per heavy atom. The molecule has 1 saturated carbocycles. The molecule has 2 fully saturated rings. The highest BCUT2D eigenvalue weighted by Crippen LogP contribution is 2.69. The molecule has 0 spiro atoms. The van der Waals surface area contributed by atoms with Gasteiger partial charge in [-0.2, -0.15) is 9.78 Å². The second-order valence-electron chi connectivity index (χ2n) is 11.6. The maximum absolute atomic E-state index is 14.5. The molecule has 2 bridgehead atoms. The third-order valence-electron chi connectivity index (χ3n) is 8.98. The molecule has 1 aliphatic heterocycles. The topological polar surface area (TPSA) is 99.3 Å². The molecule has 7 rings (SSSR count). The number of hydrogen-bond donors (Lipinski definition) is 0. The van der Waals surface area contributed by atoms with E-state index in [1.54, 1.807) is 23.3 Å². The number of halogens is 2. The number of hydrogen-bond acceptors (Lipinski definition) is 7. The molecule has 0 amide bonds. The molecule has 2 aliphatic carbocycles. The van der Waals surface area contributed by atoms with Crippen molar-refractivity contribution in [2.24, 2.45) is 11.3 Å². The Kier molecular flexibility index (Phi) is 5.14. The van der Waals surface area contributed by atoms with Crippen LogP contribution in [0, 0.1) is 23.0 Å². The molecular formula is C28H27F2N7OS. The van der Waals surface area contributed by atoms with Crippen molar-refractivity contribution < 1.29 is 13.0 Å². The fourth-order valence-corrected chi connectivity index (χ4v) is 8.98. The summed E-state index contributed by atoms with van der Waals surface area (Å²) in [4.78, 5) is 13.8. The van der Waals surface area contributed by atoms with Crippen molar-refractivity contribution in [2.45, 2.75) is 44.4 Å². The second-order valence-corrected chi connectivity index (χ2v) is 14.2. The number of fused-ring (bicyclic) bond motifs is 5. The van der Waals surface area contributed by atoms with E-state index in [0.29, 0.717) is 29.7 Å². The lowest BCUT2D eigenvalue weighted by Crippen LogP contribution is -2.38. The van der Waals surface area contributed by atoms with Gasteiger partial charge in [-0.25, -0.2) is 23.7 Å². The van der Waals surface area contributed by atoms with Gasteiger partial charge in [-0.3, -0.25) is 4.21 Å². The predicted molar refractivity (Wildman–Crippen MR) is 143 cm³/mol. The van der Waals surface area contributed by atoms with Crippen LogP contribution >= 0.6 is 0 Å². The number of benzene rings is 1. The van der Waals surface area contributed by atoms with Gasteiger partial charge in [0.25, 0.3) is 5.95 Å². The molecule has 4 heterocycles. The Labute approximate surface area is 225 Å². The first-order valence-electron chi connectivity index (χ1n) is 13.0. The van der Waals surface area contributed by atoms with Gasteiger partial charge in [-0.05, 0) is 75.3 Å². The van der Waals surface area contributed by atoms with Crippen LogP contribution in [0.1, 0.15) is 55.4 Å². The molecule has 0 N–H and O–H groups in total. The van der Waals surface area contributed by atoms with Gasteiger partial charge in [0.1, 0.15) is 18.0 Å². The monoisotopic (exact) mass is 547 g/mol. The molecule has 1 saturated heterocycles. The van der Waals surface area contributed by atoms with Crippen LogP contribution in [0.2, 0.25) is 0 Å². The number of nitrogens with zero attached hydrogens (tertiary/aromatic N) is 7. The Hall–Kier alpha value is -3.60. The summed E-state index contributed by atoms with van der Waals surface area (Å²) in [6.07, 6.45) is 5.69. The van der Waals surface area contributed by atoms with Crippen molar-refractivity contribution in [3.8, 4) is 17.2 Å². The lowest BCUT2D eigenvalue weighted by Gasteiger charge is -2.37. The molecule has 8 nitrogen and oxygen atoms in total.